The van der Waals surface area contributed by atoms with E-state index in [1.807, 2.05) is 6.07 Å². The average Bonchev–Trinajstić information content (AvgIpc) is 3.11. The van der Waals surface area contributed by atoms with Crippen LogP contribution in [0.5, 0.6) is 0 Å². The first kappa shape index (κ1) is 18.3. The number of benzene rings is 1. The Labute approximate surface area is 149 Å². The fourth-order valence-electron chi connectivity index (χ4n) is 4.24. The molecule has 0 aromatic heterocycles. The Kier molecular flexibility index (Phi) is 6.07. The summed E-state index contributed by atoms with van der Waals surface area (Å²) < 4.78 is 13.9. The molecule has 1 aromatic carbocycles. The van der Waals surface area contributed by atoms with Gasteiger partial charge in [0.05, 0.1) is 12.6 Å². The van der Waals surface area contributed by atoms with Crippen molar-refractivity contribution >= 4 is 5.91 Å². The summed E-state index contributed by atoms with van der Waals surface area (Å²) in [6, 6.07) is 6.57. The summed E-state index contributed by atoms with van der Waals surface area (Å²) in [6.07, 6.45) is 7.19. The molecule has 25 heavy (non-hydrogen) atoms. The van der Waals surface area contributed by atoms with E-state index in [1.165, 1.54) is 12.5 Å². The zero-order valence-electron chi connectivity index (χ0n) is 14.8. The van der Waals surface area contributed by atoms with Gasteiger partial charge in [-0.05, 0) is 38.3 Å². The summed E-state index contributed by atoms with van der Waals surface area (Å²) in [5, 5.41) is 12.9. The summed E-state index contributed by atoms with van der Waals surface area (Å²) in [5.41, 5.74) is 0.490. The zero-order valence-corrected chi connectivity index (χ0v) is 14.8. The van der Waals surface area contributed by atoms with Gasteiger partial charge in [0.2, 0.25) is 5.91 Å². The fourth-order valence-corrected chi connectivity index (χ4v) is 4.24. The molecule has 1 aliphatic carbocycles. The number of carbonyl (C=O) groups is 1. The fraction of sp³-hybridized carbons (Fsp3) is 0.650. The van der Waals surface area contributed by atoms with Gasteiger partial charge in [0.1, 0.15) is 5.82 Å². The molecule has 1 unspecified atom stereocenters. The van der Waals surface area contributed by atoms with Gasteiger partial charge in [-0.15, -0.1) is 0 Å². The quantitative estimate of drug-likeness (QED) is 0.831. The highest BCUT2D eigenvalue weighted by molar-refractivity contribution is 5.82. The van der Waals surface area contributed by atoms with Crippen LogP contribution in [0, 0.1) is 11.2 Å². The van der Waals surface area contributed by atoms with Gasteiger partial charge < -0.3 is 10.4 Å². The minimum absolute atomic E-state index is 0.0206. The van der Waals surface area contributed by atoms with Crippen LogP contribution in [0.4, 0.5) is 4.39 Å². The van der Waals surface area contributed by atoms with Gasteiger partial charge in [-0.3, -0.25) is 9.69 Å². The molecule has 2 aliphatic rings. The Hall–Kier alpha value is -1.46. The number of nitrogens with one attached hydrogen (secondary N) is 1. The smallest absolute Gasteiger partial charge is 0.237 e. The number of rotatable bonds is 6. The molecule has 138 valence electrons. The van der Waals surface area contributed by atoms with E-state index >= 15 is 0 Å². The highest BCUT2D eigenvalue weighted by Crippen LogP contribution is 2.35. The van der Waals surface area contributed by atoms with Crippen molar-refractivity contribution < 1.29 is 14.3 Å². The molecule has 0 bridgehead atoms. The molecule has 3 rings (SSSR count). The average molecular weight is 348 g/mol. The minimum Gasteiger partial charge on any atom is -0.396 e. The van der Waals surface area contributed by atoms with Gasteiger partial charge in [0, 0.05) is 24.1 Å². The molecule has 1 atom stereocenters. The summed E-state index contributed by atoms with van der Waals surface area (Å²) in [4.78, 5) is 14.8. The number of likely N-dealkylation sites (tertiary alicyclic amines) is 1. The monoisotopic (exact) mass is 348 g/mol. The van der Waals surface area contributed by atoms with Crippen molar-refractivity contribution in [1.29, 1.82) is 0 Å². The van der Waals surface area contributed by atoms with Crippen molar-refractivity contribution in [3.8, 4) is 0 Å². The second kappa shape index (κ2) is 8.28. The molecule has 1 amide bonds. The number of hydrogen-bond acceptors (Lipinski definition) is 3. The van der Waals surface area contributed by atoms with Crippen LogP contribution >= 0.6 is 0 Å². The summed E-state index contributed by atoms with van der Waals surface area (Å²) in [6.45, 7) is 1.97. The number of amides is 1. The molecule has 0 radical (unpaired) electrons. The van der Waals surface area contributed by atoms with Crippen molar-refractivity contribution in [2.24, 2.45) is 5.41 Å². The predicted molar refractivity (Wildman–Crippen MR) is 95.4 cm³/mol. The zero-order chi connectivity index (χ0) is 17.7. The molecule has 1 aromatic rings. The largest absolute Gasteiger partial charge is 0.396 e. The second-order valence-corrected chi connectivity index (χ2v) is 7.66. The van der Waals surface area contributed by atoms with Gasteiger partial charge in [0.15, 0.2) is 0 Å². The van der Waals surface area contributed by atoms with Crippen molar-refractivity contribution in [3.05, 3.63) is 35.6 Å². The molecule has 1 saturated carbocycles. The first-order valence-electron chi connectivity index (χ1n) is 9.50. The maximum atomic E-state index is 13.9. The summed E-state index contributed by atoms with van der Waals surface area (Å²) >= 11 is 0. The van der Waals surface area contributed by atoms with Gasteiger partial charge in [-0.25, -0.2) is 4.39 Å². The van der Waals surface area contributed by atoms with Crippen LogP contribution in [-0.4, -0.2) is 41.7 Å². The Balaban J connectivity index is 1.58. The molecule has 1 aliphatic heterocycles. The predicted octanol–water partition coefficient (Wildman–Crippen LogP) is 2.85. The lowest BCUT2D eigenvalue weighted by atomic mass is 9.74. The van der Waals surface area contributed by atoms with E-state index in [0.717, 1.165) is 45.1 Å². The van der Waals surface area contributed by atoms with Crippen LogP contribution in [0.3, 0.4) is 0 Å². The first-order valence-corrected chi connectivity index (χ1v) is 9.50. The SMILES string of the molecule is O=C(NCC1(CO)CCCCC1)C1CCCN1Cc1ccccc1F. The highest BCUT2D eigenvalue weighted by Gasteiger charge is 2.35. The summed E-state index contributed by atoms with van der Waals surface area (Å²) in [5.74, 6) is -0.192. The van der Waals surface area contributed by atoms with E-state index in [4.69, 9.17) is 0 Å². The van der Waals surface area contributed by atoms with Gasteiger partial charge in [-0.1, -0.05) is 37.5 Å². The van der Waals surface area contributed by atoms with Crippen LogP contribution in [0.25, 0.3) is 0 Å². The molecule has 1 heterocycles. The molecular formula is C20H29FN2O2. The van der Waals surface area contributed by atoms with E-state index in [-0.39, 0.29) is 29.8 Å². The molecule has 2 fully saturated rings. The van der Waals surface area contributed by atoms with Crippen molar-refractivity contribution in [1.82, 2.24) is 10.2 Å². The van der Waals surface area contributed by atoms with E-state index in [2.05, 4.69) is 10.2 Å². The third-order valence-electron chi connectivity index (χ3n) is 5.88. The number of nitrogens with zero attached hydrogens (tertiary/aromatic N) is 1. The van der Waals surface area contributed by atoms with Gasteiger partial charge >= 0.3 is 0 Å². The third-order valence-corrected chi connectivity index (χ3v) is 5.88. The Morgan fingerprint density at radius 1 is 1.24 bits per heavy atom. The lowest BCUT2D eigenvalue weighted by Crippen LogP contribution is -2.48. The lowest BCUT2D eigenvalue weighted by molar-refractivity contribution is -0.126. The molecule has 4 nitrogen and oxygen atoms in total. The van der Waals surface area contributed by atoms with Crippen LogP contribution in [0.1, 0.15) is 50.5 Å². The van der Waals surface area contributed by atoms with Gasteiger partial charge in [-0.2, -0.15) is 0 Å². The number of carbonyl (C=O) groups excluding carboxylic acids is 1. The van der Waals surface area contributed by atoms with Crippen LogP contribution in [0.15, 0.2) is 24.3 Å². The van der Waals surface area contributed by atoms with E-state index in [1.54, 1.807) is 12.1 Å². The third kappa shape index (κ3) is 4.39. The highest BCUT2D eigenvalue weighted by atomic mass is 19.1. The summed E-state index contributed by atoms with van der Waals surface area (Å²) in [7, 11) is 0. The molecule has 5 heteroatoms. The minimum atomic E-state index is -0.213. The molecular weight excluding hydrogens is 319 g/mol. The van der Waals surface area contributed by atoms with Crippen molar-refractivity contribution in [2.75, 3.05) is 19.7 Å². The van der Waals surface area contributed by atoms with E-state index in [0.29, 0.717) is 18.7 Å². The standard InChI is InChI=1S/C20H29FN2O2/c21-17-8-3-2-7-16(17)13-23-12-6-9-18(23)19(25)22-14-20(15-24)10-4-1-5-11-20/h2-3,7-8,18,24H,1,4-6,9-15H2,(H,22,25). The lowest BCUT2D eigenvalue weighted by Gasteiger charge is -2.36. The van der Waals surface area contributed by atoms with E-state index in [9.17, 15) is 14.3 Å². The first-order chi connectivity index (χ1) is 12.1. The normalized spacial score (nSPS) is 23.5. The maximum absolute atomic E-state index is 13.9. The second-order valence-electron chi connectivity index (χ2n) is 7.66. The number of aliphatic hydroxyl groups excluding tert-OH is 1. The molecule has 2 N–H and O–H groups in total. The Bertz CT molecular complexity index is 587. The van der Waals surface area contributed by atoms with Gasteiger partial charge in [0.25, 0.3) is 0 Å². The number of aliphatic hydroxyl groups is 1. The van der Waals surface area contributed by atoms with E-state index < -0.39 is 0 Å². The van der Waals surface area contributed by atoms with Crippen molar-refractivity contribution in [2.45, 2.75) is 57.5 Å². The Morgan fingerprint density at radius 2 is 2.00 bits per heavy atom. The maximum Gasteiger partial charge on any atom is 0.237 e. The molecule has 0 spiro atoms. The van der Waals surface area contributed by atoms with Crippen LogP contribution < -0.4 is 5.32 Å². The molecule has 1 saturated heterocycles. The van der Waals surface area contributed by atoms with Crippen LogP contribution in [0.2, 0.25) is 0 Å². The topological polar surface area (TPSA) is 52.6 Å². The van der Waals surface area contributed by atoms with Crippen LogP contribution in [-0.2, 0) is 11.3 Å². The number of halogens is 1. The van der Waals surface area contributed by atoms with Crippen molar-refractivity contribution in [3.63, 3.8) is 0 Å². The number of hydrogen-bond donors (Lipinski definition) is 2. The Morgan fingerprint density at radius 3 is 2.72 bits per heavy atom.